The van der Waals surface area contributed by atoms with Gasteiger partial charge in [0.15, 0.2) is 6.61 Å². The number of halogens is 1. The number of esters is 1. The number of benzene rings is 2. The molecule has 0 saturated carbocycles. The third kappa shape index (κ3) is 4.59. The van der Waals surface area contributed by atoms with Crippen molar-refractivity contribution in [2.45, 2.75) is 18.4 Å². The molecule has 146 valence electrons. The molecule has 3 aromatic rings. The SMILES string of the molecule is CCNS(=O)(=O)c1cccc(C(=O)OCc2nc(-c3ccc(F)cc3)no2)c1. The van der Waals surface area contributed by atoms with Crippen LogP contribution in [0.2, 0.25) is 0 Å². The minimum absolute atomic E-state index is 0.0415. The number of carbonyl (C=O) groups is 1. The second-order valence-corrected chi connectivity index (χ2v) is 7.39. The standard InChI is InChI=1S/C18H16FN3O5S/c1-2-20-28(24,25)15-5-3-4-13(10-15)18(23)26-11-16-21-17(22-27-16)12-6-8-14(19)9-7-12/h3-10,20H,2,11H2,1H3. The molecule has 10 heteroatoms. The zero-order chi connectivity index (χ0) is 20.1. The lowest BCUT2D eigenvalue weighted by Crippen LogP contribution is -2.23. The van der Waals surface area contributed by atoms with Crippen LogP contribution in [0.25, 0.3) is 11.4 Å². The summed E-state index contributed by atoms with van der Waals surface area (Å²) in [7, 11) is -3.69. The minimum Gasteiger partial charge on any atom is -0.452 e. The summed E-state index contributed by atoms with van der Waals surface area (Å²) >= 11 is 0. The van der Waals surface area contributed by atoms with Gasteiger partial charge in [-0.25, -0.2) is 22.3 Å². The molecule has 1 heterocycles. The number of aromatic nitrogens is 2. The Morgan fingerprint density at radius 1 is 1.21 bits per heavy atom. The normalized spacial score (nSPS) is 11.4. The first-order valence-corrected chi connectivity index (χ1v) is 9.73. The van der Waals surface area contributed by atoms with Crippen LogP contribution in [0.3, 0.4) is 0 Å². The van der Waals surface area contributed by atoms with E-state index in [1.165, 1.54) is 48.5 Å². The van der Waals surface area contributed by atoms with E-state index in [0.717, 1.165) is 0 Å². The molecule has 0 unspecified atom stereocenters. The molecule has 1 aromatic heterocycles. The van der Waals surface area contributed by atoms with Crippen molar-refractivity contribution in [3.63, 3.8) is 0 Å². The third-order valence-electron chi connectivity index (χ3n) is 3.61. The summed E-state index contributed by atoms with van der Waals surface area (Å²) in [5.74, 6) is -0.858. The van der Waals surface area contributed by atoms with Crippen LogP contribution < -0.4 is 4.72 Å². The summed E-state index contributed by atoms with van der Waals surface area (Å²) in [4.78, 5) is 16.2. The van der Waals surface area contributed by atoms with E-state index in [1.807, 2.05) is 0 Å². The molecule has 0 aliphatic heterocycles. The molecule has 0 aliphatic carbocycles. The Morgan fingerprint density at radius 2 is 1.96 bits per heavy atom. The molecule has 28 heavy (non-hydrogen) atoms. The molecule has 0 saturated heterocycles. The number of hydrogen-bond donors (Lipinski definition) is 1. The largest absolute Gasteiger partial charge is 0.452 e. The van der Waals surface area contributed by atoms with Gasteiger partial charge in [0.2, 0.25) is 15.8 Å². The van der Waals surface area contributed by atoms with Crippen molar-refractivity contribution in [3.05, 3.63) is 65.8 Å². The highest BCUT2D eigenvalue weighted by Gasteiger charge is 2.17. The van der Waals surface area contributed by atoms with Crippen LogP contribution in [-0.4, -0.2) is 31.1 Å². The monoisotopic (exact) mass is 405 g/mol. The van der Waals surface area contributed by atoms with E-state index in [0.29, 0.717) is 5.56 Å². The number of nitrogens with one attached hydrogen (secondary N) is 1. The molecule has 0 aliphatic rings. The van der Waals surface area contributed by atoms with E-state index in [1.54, 1.807) is 6.92 Å². The lowest BCUT2D eigenvalue weighted by molar-refractivity contribution is 0.0429. The van der Waals surface area contributed by atoms with Gasteiger partial charge in [-0.05, 0) is 42.5 Å². The van der Waals surface area contributed by atoms with E-state index in [4.69, 9.17) is 9.26 Å². The maximum absolute atomic E-state index is 13.0. The number of carbonyl (C=O) groups excluding carboxylic acids is 1. The van der Waals surface area contributed by atoms with Crippen molar-refractivity contribution < 1.29 is 26.9 Å². The zero-order valence-corrected chi connectivity index (χ0v) is 15.6. The summed E-state index contributed by atoms with van der Waals surface area (Å²) in [6, 6.07) is 11.0. The predicted octanol–water partition coefficient (Wildman–Crippen LogP) is 2.53. The summed E-state index contributed by atoms with van der Waals surface area (Å²) in [6.07, 6.45) is 0. The second-order valence-electron chi connectivity index (χ2n) is 5.62. The summed E-state index contributed by atoms with van der Waals surface area (Å²) in [5, 5.41) is 3.75. The molecule has 8 nitrogen and oxygen atoms in total. The Bertz CT molecular complexity index is 1080. The minimum atomic E-state index is -3.69. The highest BCUT2D eigenvalue weighted by Crippen LogP contribution is 2.17. The average molecular weight is 405 g/mol. The smallest absolute Gasteiger partial charge is 0.338 e. The van der Waals surface area contributed by atoms with E-state index in [2.05, 4.69) is 14.9 Å². The van der Waals surface area contributed by atoms with E-state index >= 15 is 0 Å². The molecular weight excluding hydrogens is 389 g/mol. The summed E-state index contributed by atoms with van der Waals surface area (Å²) in [5.41, 5.74) is 0.612. The molecule has 2 aromatic carbocycles. The van der Waals surface area contributed by atoms with Gasteiger partial charge in [-0.2, -0.15) is 4.98 Å². The molecular formula is C18H16FN3O5S. The van der Waals surface area contributed by atoms with Gasteiger partial charge in [0, 0.05) is 12.1 Å². The Morgan fingerprint density at radius 3 is 2.68 bits per heavy atom. The van der Waals surface area contributed by atoms with Gasteiger partial charge >= 0.3 is 5.97 Å². The van der Waals surface area contributed by atoms with Gasteiger partial charge in [-0.1, -0.05) is 18.1 Å². The summed E-state index contributed by atoms with van der Waals surface area (Å²) in [6.45, 7) is 1.59. The fourth-order valence-corrected chi connectivity index (χ4v) is 3.39. The van der Waals surface area contributed by atoms with Crippen LogP contribution in [0, 0.1) is 5.82 Å². The number of ether oxygens (including phenoxy) is 1. The topological polar surface area (TPSA) is 111 Å². The number of sulfonamides is 1. The van der Waals surface area contributed by atoms with Crippen molar-refractivity contribution in [3.8, 4) is 11.4 Å². The lowest BCUT2D eigenvalue weighted by Gasteiger charge is -2.06. The highest BCUT2D eigenvalue weighted by atomic mass is 32.2. The zero-order valence-electron chi connectivity index (χ0n) is 14.8. The van der Waals surface area contributed by atoms with Gasteiger partial charge in [-0.3, -0.25) is 0 Å². The maximum Gasteiger partial charge on any atom is 0.338 e. The first kappa shape index (κ1) is 19.6. The third-order valence-corrected chi connectivity index (χ3v) is 5.15. The number of hydrogen-bond acceptors (Lipinski definition) is 7. The van der Waals surface area contributed by atoms with Crippen molar-refractivity contribution in [1.82, 2.24) is 14.9 Å². The molecule has 0 bridgehead atoms. The quantitative estimate of drug-likeness (QED) is 0.601. The number of nitrogens with zero attached hydrogens (tertiary/aromatic N) is 2. The molecule has 0 atom stereocenters. The van der Waals surface area contributed by atoms with Gasteiger partial charge in [0.1, 0.15) is 5.82 Å². The Labute approximate surface area is 160 Å². The van der Waals surface area contributed by atoms with Crippen molar-refractivity contribution in [1.29, 1.82) is 0 Å². The van der Waals surface area contributed by atoms with Crippen LogP contribution in [0.4, 0.5) is 4.39 Å². The average Bonchev–Trinajstić information content (AvgIpc) is 3.16. The summed E-state index contributed by atoms with van der Waals surface area (Å²) < 4.78 is 49.5. The fraction of sp³-hybridized carbons (Fsp3) is 0.167. The molecule has 0 fully saturated rings. The molecule has 0 radical (unpaired) electrons. The van der Waals surface area contributed by atoms with Crippen LogP contribution >= 0.6 is 0 Å². The van der Waals surface area contributed by atoms with Crippen molar-refractivity contribution in [2.75, 3.05) is 6.54 Å². The Balaban J connectivity index is 1.67. The van der Waals surface area contributed by atoms with Crippen LogP contribution in [0.1, 0.15) is 23.2 Å². The van der Waals surface area contributed by atoms with E-state index in [-0.39, 0.29) is 41.1 Å². The van der Waals surface area contributed by atoms with Crippen LogP contribution in [-0.2, 0) is 21.4 Å². The first-order valence-electron chi connectivity index (χ1n) is 8.24. The van der Waals surface area contributed by atoms with Crippen molar-refractivity contribution in [2.24, 2.45) is 0 Å². The van der Waals surface area contributed by atoms with Gasteiger partial charge in [-0.15, -0.1) is 0 Å². The van der Waals surface area contributed by atoms with E-state index in [9.17, 15) is 17.6 Å². The predicted molar refractivity (Wildman–Crippen MR) is 96.1 cm³/mol. The molecule has 0 spiro atoms. The van der Waals surface area contributed by atoms with E-state index < -0.39 is 16.0 Å². The fourth-order valence-electron chi connectivity index (χ4n) is 2.30. The molecule has 1 N–H and O–H groups in total. The second kappa shape index (κ2) is 8.28. The van der Waals surface area contributed by atoms with Gasteiger partial charge < -0.3 is 9.26 Å². The van der Waals surface area contributed by atoms with Gasteiger partial charge in [0.05, 0.1) is 10.5 Å². The molecule has 0 amide bonds. The first-order chi connectivity index (χ1) is 13.4. The maximum atomic E-state index is 13.0. The lowest BCUT2D eigenvalue weighted by atomic mass is 10.2. The Hall–Kier alpha value is -3.11. The van der Waals surface area contributed by atoms with Crippen LogP contribution in [0.15, 0.2) is 57.9 Å². The Kier molecular flexibility index (Phi) is 5.81. The van der Waals surface area contributed by atoms with Gasteiger partial charge in [0.25, 0.3) is 5.89 Å². The molecule has 3 rings (SSSR count). The highest BCUT2D eigenvalue weighted by molar-refractivity contribution is 7.89. The van der Waals surface area contributed by atoms with Crippen LogP contribution in [0.5, 0.6) is 0 Å². The number of rotatable bonds is 7. The van der Waals surface area contributed by atoms with Crippen molar-refractivity contribution >= 4 is 16.0 Å².